The molecule has 5 heteroatoms. The highest BCUT2D eigenvalue weighted by Crippen LogP contribution is 2.28. The van der Waals surface area contributed by atoms with Crippen molar-refractivity contribution in [1.82, 2.24) is 15.0 Å². The Morgan fingerprint density at radius 1 is 1.00 bits per heavy atom. The van der Waals surface area contributed by atoms with Gasteiger partial charge in [0.25, 0.3) is 0 Å². The monoisotopic (exact) mass is 295 g/mol. The minimum absolute atomic E-state index is 0.139. The molecule has 0 aliphatic carbocycles. The maximum Gasteiger partial charge on any atom is 0.0742 e. The summed E-state index contributed by atoms with van der Waals surface area (Å²) < 4.78 is 0. The van der Waals surface area contributed by atoms with E-state index in [0.29, 0.717) is 0 Å². The van der Waals surface area contributed by atoms with Crippen molar-refractivity contribution < 1.29 is 10.2 Å². The van der Waals surface area contributed by atoms with Crippen molar-refractivity contribution in [3.05, 3.63) is 49.1 Å². The molecule has 0 spiro atoms. The first kappa shape index (κ1) is 14.4. The number of pyridine rings is 2. The van der Waals surface area contributed by atoms with E-state index in [1.165, 1.54) is 17.7 Å². The van der Waals surface area contributed by atoms with Gasteiger partial charge in [-0.15, -0.1) is 0 Å². The second-order valence-corrected chi connectivity index (χ2v) is 5.20. The van der Waals surface area contributed by atoms with Gasteiger partial charge in [0.1, 0.15) is 0 Å². The second-order valence-electron chi connectivity index (χ2n) is 5.20. The fourth-order valence-electron chi connectivity index (χ4n) is 2.33. The molecule has 0 radical (unpaired) electrons. The average molecular weight is 295 g/mol. The fraction of sp³-hybridized carbons (Fsp3) is 0.176. The minimum Gasteiger partial charge on any atom is -0.394 e. The molecule has 0 saturated carbocycles. The molecule has 3 aromatic heterocycles. The van der Waals surface area contributed by atoms with Crippen molar-refractivity contribution in [3.8, 4) is 0 Å². The van der Waals surface area contributed by atoms with E-state index in [1.54, 1.807) is 6.20 Å². The Hall–Kier alpha value is -2.50. The summed E-state index contributed by atoms with van der Waals surface area (Å²) >= 11 is 0. The lowest BCUT2D eigenvalue weighted by Crippen LogP contribution is -2.03. The predicted molar refractivity (Wildman–Crippen MR) is 87.7 cm³/mol. The number of hydrogen-bond acceptors (Lipinski definition) is 4. The Morgan fingerprint density at radius 2 is 1.73 bits per heavy atom. The van der Waals surface area contributed by atoms with E-state index < -0.39 is 6.10 Å². The lowest BCUT2D eigenvalue weighted by molar-refractivity contribution is 0.110. The van der Waals surface area contributed by atoms with Crippen LogP contribution in [-0.4, -0.2) is 37.9 Å². The summed E-state index contributed by atoms with van der Waals surface area (Å²) in [6, 6.07) is 8.35. The van der Waals surface area contributed by atoms with Crippen LogP contribution in [0.5, 0.6) is 0 Å². The summed E-state index contributed by atoms with van der Waals surface area (Å²) in [5.41, 5.74) is 2.27. The van der Waals surface area contributed by atoms with E-state index in [-0.39, 0.29) is 6.61 Å². The maximum absolute atomic E-state index is 8.11. The largest absolute Gasteiger partial charge is 0.394 e. The van der Waals surface area contributed by atoms with Gasteiger partial charge in [-0.05, 0) is 36.6 Å². The minimum atomic E-state index is -0.560. The van der Waals surface area contributed by atoms with Crippen LogP contribution in [0.4, 0.5) is 0 Å². The lowest BCUT2D eigenvalue weighted by atomic mass is 10.1. The van der Waals surface area contributed by atoms with E-state index >= 15 is 0 Å². The van der Waals surface area contributed by atoms with Crippen LogP contribution in [0.25, 0.3) is 32.6 Å². The highest BCUT2D eigenvalue weighted by Gasteiger charge is 2.05. The number of rotatable bonds is 1. The van der Waals surface area contributed by atoms with Crippen LogP contribution in [0.15, 0.2) is 49.1 Å². The Bertz CT molecular complexity index is 909. The molecule has 4 rings (SSSR count). The smallest absolute Gasteiger partial charge is 0.0742 e. The number of aromatic amines is 1. The molecule has 1 unspecified atom stereocenters. The van der Waals surface area contributed by atoms with Crippen LogP contribution in [0.3, 0.4) is 0 Å². The summed E-state index contributed by atoms with van der Waals surface area (Å²) in [6.45, 7) is 1.39. The molecule has 0 fully saturated rings. The third-order valence-corrected chi connectivity index (χ3v) is 3.42. The van der Waals surface area contributed by atoms with Gasteiger partial charge in [0.05, 0.1) is 12.7 Å². The molecular weight excluding hydrogens is 278 g/mol. The standard InChI is InChI=1S/C14H9N3.C3H8O2/c1-3-15-7-10-5-11-12-8-16-4-2-13(12)17-14(11)6-9(1)10;1-3(5)2-4/h1-8,17H;3-5H,2H2,1H3. The van der Waals surface area contributed by atoms with Gasteiger partial charge in [0.2, 0.25) is 0 Å². The first-order valence-corrected chi connectivity index (χ1v) is 7.07. The number of benzene rings is 1. The van der Waals surface area contributed by atoms with Gasteiger partial charge in [-0.1, -0.05) is 0 Å². The molecule has 1 atom stereocenters. The molecule has 0 bridgehead atoms. The van der Waals surface area contributed by atoms with Crippen LogP contribution in [0, 0.1) is 0 Å². The van der Waals surface area contributed by atoms with Crippen LogP contribution < -0.4 is 0 Å². The summed E-state index contributed by atoms with van der Waals surface area (Å²) in [5, 5.41) is 20.7. The number of nitrogens with one attached hydrogen (secondary N) is 1. The van der Waals surface area contributed by atoms with Gasteiger partial charge < -0.3 is 15.2 Å². The Balaban J connectivity index is 0.000000254. The van der Waals surface area contributed by atoms with E-state index in [9.17, 15) is 0 Å². The summed E-state index contributed by atoms with van der Waals surface area (Å²) in [6.07, 6.45) is 6.85. The quantitative estimate of drug-likeness (QED) is 0.504. The van der Waals surface area contributed by atoms with Gasteiger partial charge in [-0.25, -0.2) is 0 Å². The van der Waals surface area contributed by atoms with Gasteiger partial charge in [-0.2, -0.15) is 0 Å². The zero-order valence-corrected chi connectivity index (χ0v) is 12.2. The third-order valence-electron chi connectivity index (χ3n) is 3.42. The molecule has 112 valence electrons. The highest BCUT2D eigenvalue weighted by molar-refractivity contribution is 6.11. The number of hydrogen-bond donors (Lipinski definition) is 3. The normalized spacial score (nSPS) is 12.3. The summed E-state index contributed by atoms with van der Waals surface area (Å²) in [5.74, 6) is 0. The van der Waals surface area contributed by atoms with Gasteiger partial charge in [-0.3, -0.25) is 9.97 Å². The SMILES string of the molecule is CC(O)CO.c1cc2cc3[nH]c4ccncc4c3cc2cn1. The van der Waals surface area contributed by atoms with E-state index in [0.717, 1.165) is 21.8 Å². The molecule has 22 heavy (non-hydrogen) atoms. The van der Waals surface area contributed by atoms with Crippen LogP contribution in [0.1, 0.15) is 6.92 Å². The summed E-state index contributed by atoms with van der Waals surface area (Å²) in [4.78, 5) is 11.7. The molecule has 3 heterocycles. The molecule has 3 N–H and O–H groups in total. The lowest BCUT2D eigenvalue weighted by Gasteiger charge is -1.97. The fourth-order valence-corrected chi connectivity index (χ4v) is 2.33. The molecule has 0 saturated heterocycles. The topological polar surface area (TPSA) is 82.0 Å². The van der Waals surface area contributed by atoms with Crippen molar-refractivity contribution >= 4 is 32.6 Å². The molecule has 0 amide bonds. The van der Waals surface area contributed by atoms with Crippen molar-refractivity contribution in [2.24, 2.45) is 0 Å². The number of nitrogens with zero attached hydrogens (tertiary/aromatic N) is 2. The highest BCUT2D eigenvalue weighted by atomic mass is 16.3. The van der Waals surface area contributed by atoms with Gasteiger partial charge >= 0.3 is 0 Å². The van der Waals surface area contributed by atoms with Crippen molar-refractivity contribution in [2.45, 2.75) is 13.0 Å². The first-order chi connectivity index (χ1) is 10.7. The van der Waals surface area contributed by atoms with Gasteiger partial charge in [0.15, 0.2) is 0 Å². The van der Waals surface area contributed by atoms with Crippen LogP contribution in [-0.2, 0) is 0 Å². The average Bonchev–Trinajstić information content (AvgIpc) is 2.90. The molecule has 0 aliphatic rings. The zero-order chi connectivity index (χ0) is 15.5. The molecular formula is C17H17N3O2. The Kier molecular flexibility index (Phi) is 4.00. The number of H-pyrrole nitrogens is 1. The van der Waals surface area contributed by atoms with Gasteiger partial charge in [0, 0.05) is 52.0 Å². The van der Waals surface area contributed by atoms with E-state index in [2.05, 4.69) is 27.1 Å². The Morgan fingerprint density at radius 3 is 2.50 bits per heavy atom. The van der Waals surface area contributed by atoms with Crippen molar-refractivity contribution in [3.63, 3.8) is 0 Å². The summed E-state index contributed by atoms with van der Waals surface area (Å²) in [7, 11) is 0. The number of aromatic nitrogens is 3. The van der Waals surface area contributed by atoms with E-state index in [1.807, 2.05) is 30.7 Å². The number of aliphatic hydroxyl groups excluding tert-OH is 2. The predicted octanol–water partition coefficient (Wildman–Crippen LogP) is 2.62. The maximum atomic E-state index is 8.11. The first-order valence-electron chi connectivity index (χ1n) is 7.07. The number of fused-ring (bicyclic) bond motifs is 4. The van der Waals surface area contributed by atoms with Crippen molar-refractivity contribution in [2.75, 3.05) is 6.61 Å². The van der Waals surface area contributed by atoms with Crippen LogP contribution >= 0.6 is 0 Å². The molecule has 1 aromatic carbocycles. The third kappa shape index (κ3) is 2.77. The van der Waals surface area contributed by atoms with Crippen LogP contribution in [0.2, 0.25) is 0 Å². The van der Waals surface area contributed by atoms with Crippen molar-refractivity contribution in [1.29, 1.82) is 0 Å². The molecule has 5 nitrogen and oxygen atoms in total. The second kappa shape index (κ2) is 6.09. The molecule has 4 aromatic rings. The number of aliphatic hydroxyl groups is 2. The molecule has 0 aliphatic heterocycles. The van der Waals surface area contributed by atoms with E-state index in [4.69, 9.17) is 10.2 Å². The zero-order valence-electron chi connectivity index (χ0n) is 12.2. The Labute approximate surface area is 127 Å².